The number of anilines is 2. The molecule has 4 N–H and O–H groups in total. The third-order valence-corrected chi connectivity index (χ3v) is 2.06. The zero-order valence-electron chi connectivity index (χ0n) is 8.70. The van der Waals surface area contributed by atoms with Gasteiger partial charge in [-0.05, 0) is 32.4 Å². The maximum atomic E-state index is 9.20. The van der Waals surface area contributed by atoms with Gasteiger partial charge in [-0.2, -0.15) is 0 Å². The summed E-state index contributed by atoms with van der Waals surface area (Å²) in [5.41, 5.74) is 7.45. The maximum absolute atomic E-state index is 9.20. The summed E-state index contributed by atoms with van der Waals surface area (Å²) in [6.45, 7) is 3.81. The number of aliphatic hydroxyl groups excluding tert-OH is 1. The van der Waals surface area contributed by atoms with Gasteiger partial charge in [0.25, 0.3) is 0 Å². The summed E-state index contributed by atoms with van der Waals surface area (Å²) < 4.78 is 0. The Hall–Kier alpha value is -1.22. The molecule has 0 fully saturated rings. The van der Waals surface area contributed by atoms with Crippen LogP contribution in [0.15, 0.2) is 24.3 Å². The third-order valence-electron chi connectivity index (χ3n) is 2.06. The van der Waals surface area contributed by atoms with Crippen molar-refractivity contribution >= 4 is 11.4 Å². The first-order valence-corrected chi connectivity index (χ1v) is 4.88. The summed E-state index contributed by atoms with van der Waals surface area (Å²) in [4.78, 5) is 0. The van der Waals surface area contributed by atoms with Crippen molar-refractivity contribution in [2.45, 2.75) is 32.4 Å². The summed E-state index contributed by atoms with van der Waals surface area (Å²) >= 11 is 0. The number of nitrogens with one attached hydrogen (secondary N) is 1. The summed E-state index contributed by atoms with van der Waals surface area (Å²) in [5.74, 6) is 0. The van der Waals surface area contributed by atoms with E-state index in [0.29, 0.717) is 6.42 Å². The normalized spacial score (nSPS) is 14.8. The summed E-state index contributed by atoms with van der Waals surface area (Å²) in [7, 11) is 0. The Morgan fingerprint density at radius 1 is 1.36 bits per heavy atom. The lowest BCUT2D eigenvalue weighted by atomic mass is 10.1. The van der Waals surface area contributed by atoms with Crippen LogP contribution >= 0.6 is 0 Å². The van der Waals surface area contributed by atoms with Crippen molar-refractivity contribution in [2.24, 2.45) is 0 Å². The molecule has 3 heteroatoms. The monoisotopic (exact) mass is 194 g/mol. The van der Waals surface area contributed by atoms with Crippen LogP contribution in [0.25, 0.3) is 0 Å². The number of nitrogens with two attached hydrogens (primary N) is 1. The molecule has 2 unspecified atom stereocenters. The molecule has 0 radical (unpaired) electrons. The molecule has 0 saturated heterocycles. The van der Waals surface area contributed by atoms with Gasteiger partial charge < -0.3 is 16.2 Å². The summed E-state index contributed by atoms with van der Waals surface area (Å²) in [6.07, 6.45) is 0.427. The van der Waals surface area contributed by atoms with Crippen LogP contribution in [0.5, 0.6) is 0 Å². The van der Waals surface area contributed by atoms with E-state index in [-0.39, 0.29) is 12.1 Å². The lowest BCUT2D eigenvalue weighted by Gasteiger charge is -2.17. The van der Waals surface area contributed by atoms with E-state index in [1.165, 1.54) is 0 Å². The molecule has 1 rings (SSSR count). The van der Waals surface area contributed by atoms with Crippen molar-refractivity contribution in [1.29, 1.82) is 0 Å². The fourth-order valence-electron chi connectivity index (χ4n) is 1.46. The molecule has 0 aliphatic rings. The molecule has 0 spiro atoms. The van der Waals surface area contributed by atoms with E-state index in [4.69, 9.17) is 5.73 Å². The predicted molar refractivity (Wildman–Crippen MR) is 60.2 cm³/mol. The van der Waals surface area contributed by atoms with Gasteiger partial charge in [0.05, 0.1) is 17.5 Å². The molecule has 0 heterocycles. The molecule has 0 saturated carbocycles. The number of nitrogen functional groups attached to an aromatic ring is 1. The van der Waals surface area contributed by atoms with Gasteiger partial charge in [-0.25, -0.2) is 0 Å². The fraction of sp³-hybridized carbons (Fsp3) is 0.455. The van der Waals surface area contributed by atoms with Gasteiger partial charge >= 0.3 is 0 Å². The number of aliphatic hydroxyl groups is 1. The topological polar surface area (TPSA) is 58.3 Å². The molecular formula is C11H18N2O. The zero-order valence-corrected chi connectivity index (χ0v) is 8.70. The van der Waals surface area contributed by atoms with Crippen molar-refractivity contribution in [3.05, 3.63) is 24.3 Å². The molecule has 1 aromatic rings. The molecule has 14 heavy (non-hydrogen) atoms. The summed E-state index contributed by atoms with van der Waals surface area (Å²) in [5, 5.41) is 12.5. The van der Waals surface area contributed by atoms with Gasteiger partial charge in [0.1, 0.15) is 0 Å². The first-order chi connectivity index (χ1) is 6.59. The van der Waals surface area contributed by atoms with Gasteiger partial charge in [0.15, 0.2) is 0 Å². The minimum Gasteiger partial charge on any atom is -0.397 e. The number of hydrogen-bond donors (Lipinski definition) is 3. The molecule has 1 aromatic carbocycles. The van der Waals surface area contributed by atoms with E-state index < -0.39 is 0 Å². The van der Waals surface area contributed by atoms with Gasteiger partial charge in [-0.3, -0.25) is 0 Å². The van der Waals surface area contributed by atoms with Gasteiger partial charge in [-0.15, -0.1) is 0 Å². The van der Waals surface area contributed by atoms with Crippen LogP contribution < -0.4 is 11.1 Å². The molecule has 0 aliphatic carbocycles. The molecular weight excluding hydrogens is 176 g/mol. The number of para-hydroxylation sites is 2. The van der Waals surface area contributed by atoms with Crippen molar-refractivity contribution in [3.8, 4) is 0 Å². The minimum absolute atomic E-state index is 0.222. The molecule has 0 amide bonds. The SMILES string of the molecule is CC(O)CC(C)Nc1ccccc1N. The van der Waals surface area contributed by atoms with E-state index in [1.54, 1.807) is 6.92 Å². The van der Waals surface area contributed by atoms with Crippen LogP contribution in [0.4, 0.5) is 11.4 Å². The van der Waals surface area contributed by atoms with Crippen molar-refractivity contribution in [1.82, 2.24) is 0 Å². The molecule has 2 atom stereocenters. The highest BCUT2D eigenvalue weighted by Gasteiger charge is 2.06. The van der Waals surface area contributed by atoms with E-state index in [2.05, 4.69) is 5.32 Å². The molecule has 0 aromatic heterocycles. The second kappa shape index (κ2) is 4.86. The highest BCUT2D eigenvalue weighted by molar-refractivity contribution is 5.65. The Morgan fingerprint density at radius 3 is 2.57 bits per heavy atom. The zero-order chi connectivity index (χ0) is 10.6. The van der Waals surface area contributed by atoms with E-state index in [9.17, 15) is 5.11 Å². The Balaban J connectivity index is 2.56. The number of rotatable bonds is 4. The van der Waals surface area contributed by atoms with Crippen LogP contribution in [0.1, 0.15) is 20.3 Å². The summed E-state index contributed by atoms with van der Waals surface area (Å²) in [6, 6.07) is 7.86. The van der Waals surface area contributed by atoms with Crippen LogP contribution in [0, 0.1) is 0 Å². The third kappa shape index (κ3) is 3.26. The highest BCUT2D eigenvalue weighted by atomic mass is 16.3. The smallest absolute Gasteiger partial charge is 0.0575 e. The fourth-order valence-corrected chi connectivity index (χ4v) is 1.46. The number of hydrogen-bond acceptors (Lipinski definition) is 3. The average molecular weight is 194 g/mol. The second-order valence-electron chi connectivity index (χ2n) is 3.72. The van der Waals surface area contributed by atoms with E-state index >= 15 is 0 Å². The first-order valence-electron chi connectivity index (χ1n) is 4.88. The van der Waals surface area contributed by atoms with Crippen LogP contribution in [0.2, 0.25) is 0 Å². The van der Waals surface area contributed by atoms with Crippen molar-refractivity contribution in [2.75, 3.05) is 11.1 Å². The molecule has 3 nitrogen and oxygen atoms in total. The Morgan fingerprint density at radius 2 is 2.00 bits per heavy atom. The van der Waals surface area contributed by atoms with Gasteiger partial charge in [-0.1, -0.05) is 12.1 Å². The standard InChI is InChI=1S/C11H18N2O/c1-8(7-9(2)14)13-11-6-4-3-5-10(11)12/h3-6,8-9,13-14H,7,12H2,1-2H3. The quantitative estimate of drug-likeness (QED) is 0.641. The largest absolute Gasteiger partial charge is 0.397 e. The van der Waals surface area contributed by atoms with Gasteiger partial charge in [0.2, 0.25) is 0 Å². The lowest BCUT2D eigenvalue weighted by molar-refractivity contribution is 0.179. The van der Waals surface area contributed by atoms with Crippen molar-refractivity contribution in [3.63, 3.8) is 0 Å². The van der Waals surface area contributed by atoms with E-state index in [0.717, 1.165) is 11.4 Å². The average Bonchev–Trinajstić information content (AvgIpc) is 2.07. The Bertz CT molecular complexity index is 286. The predicted octanol–water partition coefficient (Wildman–Crippen LogP) is 1.84. The minimum atomic E-state index is -0.289. The molecule has 78 valence electrons. The highest BCUT2D eigenvalue weighted by Crippen LogP contribution is 2.18. The van der Waals surface area contributed by atoms with E-state index in [1.807, 2.05) is 31.2 Å². The second-order valence-corrected chi connectivity index (χ2v) is 3.72. The lowest BCUT2D eigenvalue weighted by Crippen LogP contribution is -2.21. The van der Waals surface area contributed by atoms with Crippen LogP contribution in [-0.2, 0) is 0 Å². The van der Waals surface area contributed by atoms with Crippen LogP contribution in [-0.4, -0.2) is 17.3 Å². The Kier molecular flexibility index (Phi) is 3.77. The van der Waals surface area contributed by atoms with Crippen molar-refractivity contribution < 1.29 is 5.11 Å². The number of benzene rings is 1. The first kappa shape index (κ1) is 10.9. The molecule has 0 aliphatic heterocycles. The molecule has 0 bridgehead atoms. The maximum Gasteiger partial charge on any atom is 0.0575 e. The Labute approximate surface area is 84.9 Å². The van der Waals surface area contributed by atoms with Gasteiger partial charge in [0, 0.05) is 6.04 Å². The van der Waals surface area contributed by atoms with Crippen LogP contribution in [0.3, 0.4) is 0 Å².